The molecule has 1 aliphatic rings. The molecule has 0 saturated carbocycles. The van der Waals surface area contributed by atoms with Gasteiger partial charge in [0, 0.05) is 38.5 Å². The van der Waals surface area contributed by atoms with Crippen LogP contribution < -0.4 is 11.1 Å². The minimum atomic E-state index is -0.133. The van der Waals surface area contributed by atoms with Crippen LogP contribution in [0.5, 0.6) is 0 Å². The van der Waals surface area contributed by atoms with Crippen molar-refractivity contribution in [1.29, 1.82) is 0 Å². The Morgan fingerprint density at radius 1 is 1.21 bits per heavy atom. The molecule has 0 aromatic heterocycles. The molecule has 112 valence electrons. The van der Waals surface area contributed by atoms with Crippen molar-refractivity contribution in [1.82, 2.24) is 10.2 Å². The van der Waals surface area contributed by atoms with Crippen LogP contribution in [0.3, 0.4) is 0 Å². The van der Waals surface area contributed by atoms with E-state index in [2.05, 4.69) is 5.32 Å². The topological polar surface area (TPSA) is 75.4 Å². The summed E-state index contributed by atoms with van der Waals surface area (Å²) in [6.07, 6.45) is 5.35. The van der Waals surface area contributed by atoms with E-state index >= 15 is 0 Å². The van der Waals surface area contributed by atoms with Crippen LogP contribution in [0, 0.1) is 0 Å². The highest BCUT2D eigenvalue weighted by Gasteiger charge is 2.15. The first-order valence-corrected chi connectivity index (χ1v) is 6.89. The van der Waals surface area contributed by atoms with Crippen LogP contribution in [0.1, 0.15) is 45.4 Å². The molecule has 1 unspecified atom stereocenters. The molecule has 0 spiro atoms. The summed E-state index contributed by atoms with van der Waals surface area (Å²) >= 11 is 0. The van der Waals surface area contributed by atoms with Gasteiger partial charge in [0.1, 0.15) is 0 Å². The summed E-state index contributed by atoms with van der Waals surface area (Å²) in [5.41, 5.74) is 5.52. The molecule has 5 nitrogen and oxygen atoms in total. The number of nitrogens with two attached hydrogens (primary N) is 1. The highest BCUT2D eigenvalue weighted by molar-refractivity contribution is 5.85. The third-order valence-electron chi connectivity index (χ3n) is 3.13. The molecule has 2 amide bonds. The Balaban J connectivity index is 0.00000324. The molecule has 0 aromatic rings. The molecule has 0 aromatic carbocycles. The maximum atomic E-state index is 11.9. The molecule has 1 atom stereocenters. The third kappa shape index (κ3) is 8.06. The second-order valence-corrected chi connectivity index (χ2v) is 5.08. The zero-order valence-electron chi connectivity index (χ0n) is 11.7. The van der Waals surface area contributed by atoms with Gasteiger partial charge in [-0.2, -0.15) is 0 Å². The number of carbonyl (C=O) groups is 2. The maximum absolute atomic E-state index is 11.9. The molecule has 1 saturated heterocycles. The van der Waals surface area contributed by atoms with Crippen molar-refractivity contribution >= 4 is 24.2 Å². The number of carbonyl (C=O) groups excluding carboxylic acids is 2. The Kier molecular flexibility index (Phi) is 9.61. The number of halogens is 1. The van der Waals surface area contributed by atoms with Gasteiger partial charge in [0.15, 0.2) is 0 Å². The Bertz CT molecular complexity index is 277. The molecule has 6 heteroatoms. The predicted molar refractivity (Wildman–Crippen MR) is 78.2 cm³/mol. The molecule has 1 fully saturated rings. The predicted octanol–water partition coefficient (Wildman–Crippen LogP) is 1.05. The van der Waals surface area contributed by atoms with Crippen molar-refractivity contribution in [3.8, 4) is 0 Å². The molecule has 0 bridgehead atoms. The van der Waals surface area contributed by atoms with Crippen LogP contribution >= 0.6 is 12.4 Å². The number of nitrogens with zero attached hydrogens (tertiary/aromatic N) is 1. The van der Waals surface area contributed by atoms with E-state index in [0.717, 1.165) is 25.9 Å². The lowest BCUT2D eigenvalue weighted by molar-refractivity contribution is -0.131. The molecule has 0 aliphatic carbocycles. The summed E-state index contributed by atoms with van der Waals surface area (Å²) in [6, 6.07) is -0.133. The van der Waals surface area contributed by atoms with E-state index in [9.17, 15) is 9.59 Å². The van der Waals surface area contributed by atoms with Gasteiger partial charge >= 0.3 is 0 Å². The maximum Gasteiger partial charge on any atom is 0.224 e. The SMILES string of the molecule is CC(N)CC(=O)NCCC(=O)N1CCCCCC1.Cl. The van der Waals surface area contributed by atoms with Crippen molar-refractivity contribution < 1.29 is 9.59 Å². The summed E-state index contributed by atoms with van der Waals surface area (Å²) in [4.78, 5) is 25.2. The molecule has 1 aliphatic heterocycles. The van der Waals surface area contributed by atoms with Crippen LogP contribution in [0.4, 0.5) is 0 Å². The average Bonchev–Trinajstić information content (AvgIpc) is 2.56. The van der Waals surface area contributed by atoms with Gasteiger partial charge in [-0.3, -0.25) is 9.59 Å². The zero-order chi connectivity index (χ0) is 13.4. The monoisotopic (exact) mass is 291 g/mol. The molecule has 3 N–H and O–H groups in total. The average molecular weight is 292 g/mol. The van der Waals surface area contributed by atoms with Crippen molar-refractivity contribution in [3.05, 3.63) is 0 Å². The Labute approximate surface area is 121 Å². The number of hydrogen-bond donors (Lipinski definition) is 2. The zero-order valence-corrected chi connectivity index (χ0v) is 12.5. The first kappa shape index (κ1) is 18.2. The molecular formula is C13H26ClN3O2. The van der Waals surface area contributed by atoms with Crippen molar-refractivity contribution in [2.75, 3.05) is 19.6 Å². The standard InChI is InChI=1S/C13H25N3O2.ClH/c1-11(14)10-12(17)15-7-6-13(18)16-8-4-2-3-5-9-16;/h11H,2-10,14H2,1H3,(H,15,17);1H. The van der Waals surface area contributed by atoms with E-state index < -0.39 is 0 Å². The molecular weight excluding hydrogens is 266 g/mol. The van der Waals surface area contributed by atoms with Crippen LogP contribution in [-0.4, -0.2) is 42.4 Å². The van der Waals surface area contributed by atoms with Crippen LogP contribution in [-0.2, 0) is 9.59 Å². The van der Waals surface area contributed by atoms with Gasteiger partial charge in [0.05, 0.1) is 0 Å². The van der Waals surface area contributed by atoms with Crippen molar-refractivity contribution in [3.63, 3.8) is 0 Å². The summed E-state index contributed by atoms with van der Waals surface area (Å²) in [5, 5.41) is 2.73. The van der Waals surface area contributed by atoms with Gasteiger partial charge in [0.2, 0.25) is 11.8 Å². The lowest BCUT2D eigenvalue weighted by Gasteiger charge is -2.20. The number of likely N-dealkylation sites (tertiary alicyclic amines) is 1. The summed E-state index contributed by atoms with van der Waals surface area (Å²) < 4.78 is 0. The quantitative estimate of drug-likeness (QED) is 0.795. The molecule has 19 heavy (non-hydrogen) atoms. The first-order valence-electron chi connectivity index (χ1n) is 6.89. The lowest BCUT2D eigenvalue weighted by atomic mass is 10.2. The fourth-order valence-corrected chi connectivity index (χ4v) is 2.15. The smallest absolute Gasteiger partial charge is 0.224 e. The minimum absolute atomic E-state index is 0. The second-order valence-electron chi connectivity index (χ2n) is 5.08. The minimum Gasteiger partial charge on any atom is -0.356 e. The third-order valence-corrected chi connectivity index (χ3v) is 3.13. The fraction of sp³-hybridized carbons (Fsp3) is 0.846. The van der Waals surface area contributed by atoms with E-state index in [0.29, 0.717) is 19.4 Å². The Morgan fingerprint density at radius 3 is 2.32 bits per heavy atom. The number of rotatable bonds is 5. The van der Waals surface area contributed by atoms with Gasteiger partial charge in [0.25, 0.3) is 0 Å². The molecule has 1 rings (SSSR count). The second kappa shape index (κ2) is 10.0. The summed E-state index contributed by atoms with van der Waals surface area (Å²) in [6.45, 7) is 3.95. The van der Waals surface area contributed by atoms with E-state index in [1.54, 1.807) is 6.92 Å². The normalized spacial score (nSPS) is 17.1. The van der Waals surface area contributed by atoms with Gasteiger partial charge in [-0.1, -0.05) is 12.8 Å². The van der Waals surface area contributed by atoms with Crippen LogP contribution in [0.15, 0.2) is 0 Å². The fourth-order valence-electron chi connectivity index (χ4n) is 2.15. The largest absolute Gasteiger partial charge is 0.356 e. The van der Waals surface area contributed by atoms with Crippen molar-refractivity contribution in [2.24, 2.45) is 5.73 Å². The Hall–Kier alpha value is -0.810. The van der Waals surface area contributed by atoms with E-state index in [4.69, 9.17) is 5.73 Å². The highest BCUT2D eigenvalue weighted by Crippen LogP contribution is 2.10. The highest BCUT2D eigenvalue weighted by atomic mass is 35.5. The van der Waals surface area contributed by atoms with Gasteiger partial charge in [-0.05, 0) is 19.8 Å². The molecule has 0 radical (unpaired) electrons. The van der Waals surface area contributed by atoms with Crippen LogP contribution in [0.25, 0.3) is 0 Å². The number of amides is 2. The van der Waals surface area contributed by atoms with Gasteiger partial charge < -0.3 is 16.0 Å². The first-order chi connectivity index (χ1) is 8.59. The van der Waals surface area contributed by atoms with Gasteiger partial charge in [-0.15, -0.1) is 12.4 Å². The van der Waals surface area contributed by atoms with E-state index in [-0.39, 0.29) is 30.3 Å². The van der Waals surface area contributed by atoms with Crippen LogP contribution in [0.2, 0.25) is 0 Å². The number of nitrogens with one attached hydrogen (secondary N) is 1. The summed E-state index contributed by atoms with van der Waals surface area (Å²) in [5.74, 6) is 0.0756. The Morgan fingerprint density at radius 2 is 1.79 bits per heavy atom. The van der Waals surface area contributed by atoms with E-state index in [1.807, 2.05) is 4.90 Å². The number of hydrogen-bond acceptors (Lipinski definition) is 3. The summed E-state index contributed by atoms with van der Waals surface area (Å²) in [7, 11) is 0. The van der Waals surface area contributed by atoms with Gasteiger partial charge in [-0.25, -0.2) is 0 Å². The molecule has 1 heterocycles. The van der Waals surface area contributed by atoms with E-state index in [1.165, 1.54) is 12.8 Å². The lowest BCUT2D eigenvalue weighted by Crippen LogP contribution is -2.36. The van der Waals surface area contributed by atoms with Crippen molar-refractivity contribution in [2.45, 2.75) is 51.5 Å².